The summed E-state index contributed by atoms with van der Waals surface area (Å²) in [4.78, 5) is 28.0. The molecule has 1 amide bonds. The number of piperidine rings is 1. The van der Waals surface area contributed by atoms with Gasteiger partial charge in [-0.2, -0.15) is 5.10 Å². The number of rotatable bonds is 5. The molecule has 1 aromatic heterocycles. The van der Waals surface area contributed by atoms with Crippen molar-refractivity contribution in [3.05, 3.63) is 64.6 Å². The SMILES string of the molecule is CCCn1nc(C(=O)Nc2ccc(N3CCCCC3)cc2)c2ccccc2c1=O. The van der Waals surface area contributed by atoms with Gasteiger partial charge in [0.2, 0.25) is 0 Å². The minimum Gasteiger partial charge on any atom is -0.372 e. The van der Waals surface area contributed by atoms with Crippen molar-refractivity contribution >= 4 is 28.1 Å². The largest absolute Gasteiger partial charge is 0.372 e. The van der Waals surface area contributed by atoms with Gasteiger partial charge in [-0.3, -0.25) is 9.59 Å². The number of hydrogen-bond donors (Lipinski definition) is 1. The van der Waals surface area contributed by atoms with Crippen LogP contribution in [0.3, 0.4) is 0 Å². The zero-order valence-electron chi connectivity index (χ0n) is 16.7. The molecular weight excluding hydrogens is 364 g/mol. The van der Waals surface area contributed by atoms with Crippen LogP contribution >= 0.6 is 0 Å². The highest BCUT2D eigenvalue weighted by Gasteiger charge is 2.17. The molecule has 0 aliphatic carbocycles. The molecule has 0 bridgehead atoms. The van der Waals surface area contributed by atoms with Crippen molar-refractivity contribution in [2.45, 2.75) is 39.2 Å². The monoisotopic (exact) mass is 390 g/mol. The maximum atomic E-state index is 13.0. The summed E-state index contributed by atoms with van der Waals surface area (Å²) >= 11 is 0. The van der Waals surface area contributed by atoms with Crippen LogP contribution in [0.15, 0.2) is 53.3 Å². The van der Waals surface area contributed by atoms with E-state index in [-0.39, 0.29) is 17.2 Å². The highest BCUT2D eigenvalue weighted by atomic mass is 16.2. The summed E-state index contributed by atoms with van der Waals surface area (Å²) in [6.07, 6.45) is 4.52. The maximum absolute atomic E-state index is 13.0. The molecule has 1 aliphatic heterocycles. The van der Waals surface area contributed by atoms with Crippen LogP contribution in [0.4, 0.5) is 11.4 Å². The van der Waals surface area contributed by atoms with Crippen molar-refractivity contribution in [3.63, 3.8) is 0 Å². The van der Waals surface area contributed by atoms with Gasteiger partial charge in [0.1, 0.15) is 0 Å². The first-order valence-electron chi connectivity index (χ1n) is 10.3. The second kappa shape index (κ2) is 8.47. The molecule has 6 nitrogen and oxygen atoms in total. The number of hydrogen-bond acceptors (Lipinski definition) is 4. The molecule has 2 heterocycles. The zero-order chi connectivity index (χ0) is 20.2. The van der Waals surface area contributed by atoms with Crippen molar-refractivity contribution in [2.24, 2.45) is 0 Å². The van der Waals surface area contributed by atoms with Crippen LogP contribution in [0.1, 0.15) is 43.1 Å². The highest BCUT2D eigenvalue weighted by Crippen LogP contribution is 2.22. The van der Waals surface area contributed by atoms with Gasteiger partial charge in [-0.25, -0.2) is 4.68 Å². The number of carbonyl (C=O) groups excluding carboxylic acids is 1. The van der Waals surface area contributed by atoms with Crippen LogP contribution in [-0.4, -0.2) is 28.8 Å². The van der Waals surface area contributed by atoms with Gasteiger partial charge in [-0.1, -0.05) is 25.1 Å². The Balaban J connectivity index is 1.60. The number of aryl methyl sites for hydroxylation is 1. The van der Waals surface area contributed by atoms with E-state index in [0.717, 1.165) is 25.2 Å². The molecule has 1 aliphatic rings. The van der Waals surface area contributed by atoms with E-state index in [9.17, 15) is 9.59 Å². The van der Waals surface area contributed by atoms with Crippen molar-refractivity contribution in [1.29, 1.82) is 0 Å². The standard InChI is InChI=1S/C23H26N4O2/c1-2-14-27-23(29)20-9-5-4-8-19(20)21(25-27)22(28)24-17-10-12-18(13-11-17)26-15-6-3-7-16-26/h4-5,8-13H,2-3,6-7,14-16H2,1H3,(H,24,28). The number of amides is 1. The van der Waals surface area contributed by atoms with E-state index in [2.05, 4.69) is 15.3 Å². The third-order valence-corrected chi connectivity index (χ3v) is 5.36. The Morgan fingerprint density at radius 1 is 1.00 bits per heavy atom. The minimum absolute atomic E-state index is 0.162. The van der Waals surface area contributed by atoms with E-state index in [1.807, 2.05) is 37.3 Å². The fraction of sp³-hybridized carbons (Fsp3) is 0.348. The van der Waals surface area contributed by atoms with Crippen molar-refractivity contribution in [1.82, 2.24) is 9.78 Å². The van der Waals surface area contributed by atoms with Crippen LogP contribution in [-0.2, 0) is 6.54 Å². The van der Waals surface area contributed by atoms with Gasteiger partial charge < -0.3 is 10.2 Å². The molecule has 2 aromatic carbocycles. The number of benzene rings is 2. The summed E-state index contributed by atoms with van der Waals surface area (Å²) in [6, 6.07) is 15.1. The van der Waals surface area contributed by atoms with Crippen LogP contribution in [0.25, 0.3) is 10.8 Å². The molecule has 0 saturated carbocycles. The molecule has 0 atom stereocenters. The quantitative estimate of drug-likeness (QED) is 0.714. The summed E-state index contributed by atoms with van der Waals surface area (Å²) in [5, 5.41) is 8.39. The molecule has 3 aromatic rings. The molecule has 1 N–H and O–H groups in total. The second-order valence-corrected chi connectivity index (χ2v) is 7.47. The Bertz CT molecular complexity index is 1070. The summed E-state index contributed by atoms with van der Waals surface area (Å²) in [6.45, 7) is 4.63. The molecule has 1 fully saturated rings. The van der Waals surface area contributed by atoms with Gasteiger partial charge in [0.05, 0.1) is 5.39 Å². The molecule has 150 valence electrons. The number of fused-ring (bicyclic) bond motifs is 1. The topological polar surface area (TPSA) is 67.2 Å². The first kappa shape index (κ1) is 19.2. The average molecular weight is 390 g/mol. The molecule has 0 unspecified atom stereocenters. The fourth-order valence-corrected chi connectivity index (χ4v) is 3.86. The molecule has 1 saturated heterocycles. The van der Waals surface area contributed by atoms with Gasteiger partial charge in [0.25, 0.3) is 11.5 Å². The van der Waals surface area contributed by atoms with E-state index in [0.29, 0.717) is 17.3 Å². The maximum Gasteiger partial charge on any atom is 0.276 e. The predicted octanol–water partition coefficient (Wildman–Crippen LogP) is 4.05. The Morgan fingerprint density at radius 2 is 1.69 bits per heavy atom. The van der Waals surface area contributed by atoms with E-state index < -0.39 is 0 Å². The summed E-state index contributed by atoms with van der Waals surface area (Å²) in [5.41, 5.74) is 2.01. The van der Waals surface area contributed by atoms with E-state index in [1.165, 1.54) is 29.6 Å². The lowest BCUT2D eigenvalue weighted by molar-refractivity contribution is 0.102. The highest BCUT2D eigenvalue weighted by molar-refractivity contribution is 6.11. The van der Waals surface area contributed by atoms with Gasteiger partial charge in [-0.15, -0.1) is 0 Å². The molecule has 0 spiro atoms. The van der Waals surface area contributed by atoms with Crippen LogP contribution in [0.2, 0.25) is 0 Å². The third kappa shape index (κ3) is 4.01. The Labute approximate surface area is 170 Å². The molecule has 4 rings (SSSR count). The normalized spacial score (nSPS) is 14.2. The molecule has 6 heteroatoms. The number of nitrogens with one attached hydrogen (secondary N) is 1. The van der Waals surface area contributed by atoms with E-state index >= 15 is 0 Å². The summed E-state index contributed by atoms with van der Waals surface area (Å²) in [5.74, 6) is -0.309. The number of nitrogens with zero attached hydrogens (tertiary/aromatic N) is 3. The number of anilines is 2. The molecular formula is C23H26N4O2. The fourth-order valence-electron chi connectivity index (χ4n) is 3.86. The second-order valence-electron chi connectivity index (χ2n) is 7.47. The van der Waals surface area contributed by atoms with Gasteiger partial charge in [-0.05, 0) is 56.0 Å². The zero-order valence-corrected chi connectivity index (χ0v) is 16.7. The number of aromatic nitrogens is 2. The minimum atomic E-state index is -0.309. The van der Waals surface area contributed by atoms with Gasteiger partial charge in [0.15, 0.2) is 5.69 Å². The van der Waals surface area contributed by atoms with Gasteiger partial charge >= 0.3 is 0 Å². The van der Waals surface area contributed by atoms with Crippen molar-refractivity contribution in [3.8, 4) is 0 Å². The predicted molar refractivity (Wildman–Crippen MR) is 117 cm³/mol. The van der Waals surface area contributed by atoms with Crippen molar-refractivity contribution < 1.29 is 4.79 Å². The molecule has 0 radical (unpaired) electrons. The van der Waals surface area contributed by atoms with Crippen LogP contribution < -0.4 is 15.8 Å². The first-order chi connectivity index (χ1) is 14.2. The third-order valence-electron chi connectivity index (χ3n) is 5.36. The first-order valence-corrected chi connectivity index (χ1v) is 10.3. The van der Waals surface area contributed by atoms with Crippen molar-refractivity contribution in [2.75, 3.05) is 23.3 Å². The van der Waals surface area contributed by atoms with Crippen LogP contribution in [0, 0.1) is 0 Å². The average Bonchev–Trinajstić information content (AvgIpc) is 2.77. The van der Waals surface area contributed by atoms with Crippen LogP contribution in [0.5, 0.6) is 0 Å². The number of carbonyl (C=O) groups is 1. The lowest BCUT2D eigenvalue weighted by atomic mass is 10.1. The Kier molecular flexibility index (Phi) is 5.60. The van der Waals surface area contributed by atoms with E-state index in [1.54, 1.807) is 18.2 Å². The lowest BCUT2D eigenvalue weighted by Gasteiger charge is -2.28. The smallest absolute Gasteiger partial charge is 0.276 e. The summed E-state index contributed by atoms with van der Waals surface area (Å²) < 4.78 is 1.39. The van der Waals surface area contributed by atoms with E-state index in [4.69, 9.17) is 0 Å². The Morgan fingerprint density at radius 3 is 2.38 bits per heavy atom. The summed E-state index contributed by atoms with van der Waals surface area (Å²) in [7, 11) is 0. The Hall–Kier alpha value is -3.15. The lowest BCUT2D eigenvalue weighted by Crippen LogP contribution is -2.29. The molecule has 29 heavy (non-hydrogen) atoms. The van der Waals surface area contributed by atoms with Gasteiger partial charge in [0, 0.05) is 36.4 Å².